The normalized spacial score (nSPS) is 23.0. The SMILES string of the molecule is CC(C)(C)OC(=O)N1CCC2(c3cccc(OCc4ccc(Cl)cc4F)n3)CC2C1. The summed E-state index contributed by atoms with van der Waals surface area (Å²) in [5.41, 5.74) is 0.903. The highest BCUT2D eigenvalue weighted by Crippen LogP contribution is 2.58. The fourth-order valence-corrected chi connectivity index (χ4v) is 4.27. The summed E-state index contributed by atoms with van der Waals surface area (Å²) in [6.07, 6.45) is 1.59. The molecule has 1 saturated carbocycles. The number of benzene rings is 1. The van der Waals surface area contributed by atoms with Crippen molar-refractivity contribution in [2.75, 3.05) is 13.1 Å². The number of amides is 1. The van der Waals surface area contributed by atoms with Gasteiger partial charge in [-0.05, 0) is 57.7 Å². The zero-order chi connectivity index (χ0) is 21.5. The van der Waals surface area contributed by atoms with E-state index in [1.54, 1.807) is 23.1 Å². The number of aromatic nitrogens is 1. The molecule has 0 spiro atoms. The van der Waals surface area contributed by atoms with Gasteiger partial charge in [-0.15, -0.1) is 0 Å². The number of likely N-dealkylation sites (tertiary alicyclic amines) is 1. The Morgan fingerprint density at radius 3 is 2.83 bits per heavy atom. The summed E-state index contributed by atoms with van der Waals surface area (Å²) in [7, 11) is 0. The van der Waals surface area contributed by atoms with Crippen LogP contribution < -0.4 is 4.74 Å². The van der Waals surface area contributed by atoms with E-state index < -0.39 is 11.4 Å². The Morgan fingerprint density at radius 2 is 2.13 bits per heavy atom. The summed E-state index contributed by atoms with van der Waals surface area (Å²) < 4.78 is 25.2. The summed E-state index contributed by atoms with van der Waals surface area (Å²) in [5, 5.41) is 0.355. The van der Waals surface area contributed by atoms with Gasteiger partial charge in [0.2, 0.25) is 5.88 Å². The molecule has 7 heteroatoms. The maximum atomic E-state index is 14.0. The first kappa shape index (κ1) is 20.9. The van der Waals surface area contributed by atoms with E-state index in [0.717, 1.165) is 18.5 Å². The second kappa shape index (κ2) is 7.73. The fourth-order valence-electron chi connectivity index (χ4n) is 4.12. The van der Waals surface area contributed by atoms with Crippen molar-refractivity contribution in [3.05, 3.63) is 58.5 Å². The summed E-state index contributed by atoms with van der Waals surface area (Å²) in [5.74, 6) is 0.445. The van der Waals surface area contributed by atoms with Gasteiger partial charge in [0.25, 0.3) is 0 Å². The predicted molar refractivity (Wildman–Crippen MR) is 112 cm³/mol. The van der Waals surface area contributed by atoms with Gasteiger partial charge in [0.15, 0.2) is 0 Å². The van der Waals surface area contributed by atoms with Gasteiger partial charge in [-0.1, -0.05) is 23.7 Å². The van der Waals surface area contributed by atoms with Crippen LogP contribution in [0.3, 0.4) is 0 Å². The lowest BCUT2D eigenvalue weighted by Gasteiger charge is -2.33. The van der Waals surface area contributed by atoms with Crippen molar-refractivity contribution in [3.63, 3.8) is 0 Å². The number of ether oxygens (including phenoxy) is 2. The lowest BCUT2D eigenvalue weighted by atomic mass is 9.91. The molecule has 2 aromatic rings. The highest BCUT2D eigenvalue weighted by Gasteiger charge is 2.59. The molecule has 1 aliphatic carbocycles. The van der Waals surface area contributed by atoms with Gasteiger partial charge in [0, 0.05) is 35.2 Å². The van der Waals surface area contributed by atoms with E-state index in [4.69, 9.17) is 26.1 Å². The summed E-state index contributed by atoms with van der Waals surface area (Å²) in [6.45, 7) is 7.04. The predicted octanol–water partition coefficient (Wildman–Crippen LogP) is 5.35. The average Bonchev–Trinajstić information content (AvgIpc) is 3.41. The molecular weight excluding hydrogens is 407 g/mol. The lowest BCUT2D eigenvalue weighted by Crippen LogP contribution is -2.43. The minimum Gasteiger partial charge on any atom is -0.473 e. The number of hydrogen-bond donors (Lipinski definition) is 0. The van der Waals surface area contributed by atoms with Crippen LogP contribution in [-0.2, 0) is 16.8 Å². The quantitative estimate of drug-likeness (QED) is 0.653. The first-order chi connectivity index (χ1) is 14.2. The average molecular weight is 433 g/mol. The zero-order valence-corrected chi connectivity index (χ0v) is 18.2. The number of carbonyl (C=O) groups is 1. The molecule has 1 aromatic heterocycles. The fraction of sp³-hybridized carbons (Fsp3) is 0.478. The Hall–Kier alpha value is -2.34. The van der Waals surface area contributed by atoms with Crippen molar-refractivity contribution in [1.82, 2.24) is 9.88 Å². The van der Waals surface area contributed by atoms with Gasteiger partial charge in [0.1, 0.15) is 18.0 Å². The Balaban J connectivity index is 1.40. The number of carbonyl (C=O) groups excluding carboxylic acids is 1. The molecule has 0 bridgehead atoms. The van der Waals surface area contributed by atoms with Gasteiger partial charge in [-0.25, -0.2) is 14.2 Å². The Bertz CT molecular complexity index is 962. The van der Waals surface area contributed by atoms with Gasteiger partial charge < -0.3 is 14.4 Å². The Labute approximate surface area is 181 Å². The van der Waals surface area contributed by atoms with Crippen LogP contribution >= 0.6 is 11.6 Å². The molecule has 0 radical (unpaired) electrons. The molecule has 0 N–H and O–H groups in total. The van der Waals surface area contributed by atoms with Gasteiger partial charge in [-0.2, -0.15) is 0 Å². The van der Waals surface area contributed by atoms with Gasteiger partial charge in [0.05, 0.1) is 5.69 Å². The standard InChI is InChI=1S/C23H26ClFN2O3/c1-22(2,3)30-21(28)27-10-9-23(12-16(23)13-27)19-5-4-6-20(26-19)29-14-15-7-8-17(24)11-18(15)25/h4-8,11,16H,9-10,12-14H2,1-3H3. The van der Waals surface area contributed by atoms with E-state index in [2.05, 4.69) is 0 Å². The van der Waals surface area contributed by atoms with E-state index in [1.807, 2.05) is 32.9 Å². The third-order valence-corrected chi connectivity index (χ3v) is 6.01. The van der Waals surface area contributed by atoms with E-state index in [-0.39, 0.29) is 18.1 Å². The highest BCUT2D eigenvalue weighted by atomic mass is 35.5. The second-order valence-corrected chi connectivity index (χ2v) is 9.56. The molecule has 2 fully saturated rings. The summed E-state index contributed by atoms with van der Waals surface area (Å²) in [6, 6.07) is 10.2. The van der Waals surface area contributed by atoms with Crippen molar-refractivity contribution < 1.29 is 18.7 Å². The Kier molecular flexibility index (Phi) is 5.39. The first-order valence-electron chi connectivity index (χ1n) is 10.2. The molecule has 1 aromatic carbocycles. The minimum absolute atomic E-state index is 0.0105. The van der Waals surface area contributed by atoms with Crippen LogP contribution in [0.4, 0.5) is 9.18 Å². The smallest absolute Gasteiger partial charge is 0.410 e. The van der Waals surface area contributed by atoms with Crippen molar-refractivity contribution >= 4 is 17.7 Å². The van der Waals surface area contributed by atoms with Gasteiger partial charge in [-0.3, -0.25) is 0 Å². The molecule has 30 heavy (non-hydrogen) atoms. The van der Waals surface area contributed by atoms with Crippen LogP contribution in [0.2, 0.25) is 5.02 Å². The van der Waals surface area contributed by atoms with Crippen LogP contribution in [0.5, 0.6) is 5.88 Å². The number of fused-ring (bicyclic) bond motifs is 1. The summed E-state index contributed by atoms with van der Waals surface area (Å²) in [4.78, 5) is 18.9. The van der Waals surface area contributed by atoms with Crippen molar-refractivity contribution in [2.24, 2.45) is 5.92 Å². The Morgan fingerprint density at radius 1 is 1.33 bits per heavy atom. The number of pyridine rings is 1. The zero-order valence-electron chi connectivity index (χ0n) is 17.5. The van der Waals surface area contributed by atoms with Crippen LogP contribution in [0.1, 0.15) is 44.9 Å². The molecule has 1 aliphatic heterocycles. The van der Waals surface area contributed by atoms with Gasteiger partial charge >= 0.3 is 6.09 Å². The largest absolute Gasteiger partial charge is 0.473 e. The third-order valence-electron chi connectivity index (χ3n) is 5.78. The van der Waals surface area contributed by atoms with Crippen LogP contribution in [0.15, 0.2) is 36.4 Å². The molecule has 2 aliphatic rings. The number of rotatable bonds is 4. The molecule has 1 amide bonds. The molecule has 1 saturated heterocycles. The maximum Gasteiger partial charge on any atom is 0.410 e. The molecule has 2 heterocycles. The van der Waals surface area contributed by atoms with Crippen molar-refractivity contribution in [2.45, 2.75) is 51.2 Å². The van der Waals surface area contributed by atoms with E-state index >= 15 is 0 Å². The lowest BCUT2D eigenvalue weighted by molar-refractivity contribution is 0.0197. The molecule has 5 nitrogen and oxygen atoms in total. The number of hydrogen-bond acceptors (Lipinski definition) is 4. The molecule has 4 rings (SSSR count). The highest BCUT2D eigenvalue weighted by molar-refractivity contribution is 6.30. The van der Waals surface area contributed by atoms with E-state index in [9.17, 15) is 9.18 Å². The van der Waals surface area contributed by atoms with Crippen LogP contribution in [-0.4, -0.2) is 34.7 Å². The molecular formula is C23H26ClFN2O3. The summed E-state index contributed by atoms with van der Waals surface area (Å²) >= 11 is 5.80. The topological polar surface area (TPSA) is 51.7 Å². The van der Waals surface area contributed by atoms with E-state index in [1.165, 1.54) is 6.07 Å². The molecule has 2 unspecified atom stereocenters. The van der Waals surface area contributed by atoms with Crippen LogP contribution in [0, 0.1) is 11.7 Å². The monoisotopic (exact) mass is 432 g/mol. The number of piperidine rings is 1. The number of halogens is 2. The molecule has 2 atom stereocenters. The first-order valence-corrected chi connectivity index (χ1v) is 10.6. The van der Waals surface area contributed by atoms with E-state index in [0.29, 0.717) is 35.5 Å². The molecule has 160 valence electrons. The maximum absolute atomic E-state index is 14.0. The van der Waals surface area contributed by atoms with Crippen molar-refractivity contribution in [1.29, 1.82) is 0 Å². The van der Waals surface area contributed by atoms with Crippen molar-refractivity contribution in [3.8, 4) is 5.88 Å². The minimum atomic E-state index is -0.494. The third kappa shape index (κ3) is 4.38. The van der Waals surface area contributed by atoms with Crippen LogP contribution in [0.25, 0.3) is 0 Å². The number of nitrogens with zero attached hydrogens (tertiary/aromatic N) is 2. The second-order valence-electron chi connectivity index (χ2n) is 9.12.